The second-order valence-electron chi connectivity index (χ2n) is 5.75. The molecular weight excluding hydrogens is 317 g/mol. The van der Waals surface area contributed by atoms with Gasteiger partial charge in [-0.05, 0) is 59.9 Å². The van der Waals surface area contributed by atoms with E-state index in [-0.39, 0.29) is 5.82 Å². The lowest BCUT2D eigenvalue weighted by Gasteiger charge is -2.14. The number of esters is 1. The molecule has 1 heterocycles. The van der Waals surface area contributed by atoms with Crippen LogP contribution < -0.4 is 4.74 Å². The summed E-state index contributed by atoms with van der Waals surface area (Å²) in [5.41, 5.74) is 3.70. The lowest BCUT2D eigenvalue weighted by molar-refractivity contribution is -0.131. The molecule has 3 rings (SSSR count). The number of carbonyl (C=O) groups is 1. The van der Waals surface area contributed by atoms with Crippen molar-refractivity contribution in [1.82, 2.24) is 4.98 Å². The highest BCUT2D eigenvalue weighted by molar-refractivity contribution is 5.78. The number of benzene rings is 2. The van der Waals surface area contributed by atoms with Crippen LogP contribution in [0, 0.1) is 5.82 Å². The van der Waals surface area contributed by atoms with Crippen molar-refractivity contribution in [2.75, 3.05) is 0 Å². The molecule has 0 saturated carbocycles. The van der Waals surface area contributed by atoms with Crippen LogP contribution in [-0.4, -0.2) is 11.0 Å². The zero-order chi connectivity index (χ0) is 17.6. The fourth-order valence-corrected chi connectivity index (χ4v) is 2.79. The van der Waals surface area contributed by atoms with Gasteiger partial charge in [0.15, 0.2) is 0 Å². The molecule has 3 aromatic rings. The van der Waals surface area contributed by atoms with Crippen LogP contribution in [0.25, 0.3) is 11.1 Å². The molecule has 3 nitrogen and oxygen atoms in total. The molecule has 0 N–H and O–H groups in total. The van der Waals surface area contributed by atoms with E-state index in [1.807, 2.05) is 36.4 Å². The van der Waals surface area contributed by atoms with Crippen molar-refractivity contribution in [3.05, 3.63) is 83.9 Å². The van der Waals surface area contributed by atoms with Gasteiger partial charge < -0.3 is 4.74 Å². The predicted molar refractivity (Wildman–Crippen MR) is 94.8 cm³/mol. The molecule has 4 heteroatoms. The first-order valence-corrected chi connectivity index (χ1v) is 8.08. The van der Waals surface area contributed by atoms with Crippen molar-refractivity contribution in [2.24, 2.45) is 0 Å². The lowest BCUT2D eigenvalue weighted by atomic mass is 9.94. The quantitative estimate of drug-likeness (QED) is 0.505. The third-order valence-electron chi connectivity index (χ3n) is 3.94. The zero-order valence-electron chi connectivity index (χ0n) is 13.9. The first-order chi connectivity index (χ1) is 12.1. The zero-order valence-corrected chi connectivity index (χ0v) is 13.9. The van der Waals surface area contributed by atoms with Gasteiger partial charge in [-0.25, -0.2) is 4.39 Å². The third-order valence-corrected chi connectivity index (χ3v) is 3.94. The molecule has 0 aliphatic rings. The van der Waals surface area contributed by atoms with Crippen molar-refractivity contribution in [3.8, 4) is 16.9 Å². The van der Waals surface area contributed by atoms with E-state index in [0.29, 0.717) is 11.3 Å². The van der Waals surface area contributed by atoms with Gasteiger partial charge in [-0.15, -0.1) is 0 Å². The van der Waals surface area contributed by atoms with Crippen molar-refractivity contribution in [3.63, 3.8) is 0 Å². The molecule has 25 heavy (non-hydrogen) atoms. The van der Waals surface area contributed by atoms with Crippen molar-refractivity contribution in [2.45, 2.75) is 19.8 Å². The van der Waals surface area contributed by atoms with Crippen LogP contribution in [-0.2, 0) is 17.6 Å². The molecule has 0 aliphatic heterocycles. The molecule has 0 spiro atoms. The molecule has 0 radical (unpaired) electrons. The van der Waals surface area contributed by atoms with Gasteiger partial charge >= 0.3 is 5.97 Å². The minimum atomic E-state index is -0.429. The second kappa shape index (κ2) is 7.71. The van der Waals surface area contributed by atoms with Gasteiger partial charge in [-0.3, -0.25) is 9.78 Å². The Balaban J connectivity index is 1.95. The van der Waals surface area contributed by atoms with Crippen LogP contribution >= 0.6 is 0 Å². The molecule has 0 unspecified atom stereocenters. The maximum Gasteiger partial charge on any atom is 0.308 e. The van der Waals surface area contributed by atoms with Gasteiger partial charge in [0.1, 0.15) is 11.6 Å². The number of ether oxygens (including phenoxy) is 1. The highest BCUT2D eigenvalue weighted by Gasteiger charge is 2.13. The number of nitrogens with zero attached hydrogens (tertiary/aromatic N) is 1. The molecule has 0 fully saturated rings. The first kappa shape index (κ1) is 16.8. The van der Waals surface area contributed by atoms with E-state index in [1.165, 1.54) is 30.7 Å². The number of carbonyl (C=O) groups excluding carboxylic acids is 1. The van der Waals surface area contributed by atoms with Gasteiger partial charge in [0.25, 0.3) is 0 Å². The fourth-order valence-electron chi connectivity index (χ4n) is 2.79. The minimum Gasteiger partial charge on any atom is -0.426 e. The Morgan fingerprint density at radius 1 is 1.00 bits per heavy atom. The molecule has 0 amide bonds. The summed E-state index contributed by atoms with van der Waals surface area (Å²) in [6.07, 6.45) is 5.17. The lowest BCUT2D eigenvalue weighted by Crippen LogP contribution is -2.04. The molecule has 126 valence electrons. The maximum absolute atomic E-state index is 13.8. The summed E-state index contributed by atoms with van der Waals surface area (Å²) >= 11 is 0. The van der Waals surface area contributed by atoms with E-state index >= 15 is 0 Å². The van der Waals surface area contributed by atoms with Crippen LogP contribution in [0.1, 0.15) is 18.1 Å². The maximum atomic E-state index is 13.8. The molecular formula is C21H18FNO2. The fraction of sp³-hybridized carbons (Fsp3) is 0.143. The molecule has 0 saturated heterocycles. The summed E-state index contributed by atoms with van der Waals surface area (Å²) in [5.74, 6) is -0.428. The van der Waals surface area contributed by atoms with Crippen LogP contribution in [0.3, 0.4) is 0 Å². The largest absolute Gasteiger partial charge is 0.426 e. The number of hydrogen-bond acceptors (Lipinski definition) is 3. The number of halogens is 1. The van der Waals surface area contributed by atoms with Crippen molar-refractivity contribution < 1.29 is 13.9 Å². The van der Waals surface area contributed by atoms with E-state index in [4.69, 9.17) is 4.74 Å². The minimum absolute atomic E-state index is 0.366. The van der Waals surface area contributed by atoms with E-state index in [0.717, 1.165) is 24.0 Å². The van der Waals surface area contributed by atoms with Crippen LogP contribution in [0.4, 0.5) is 4.39 Å². The highest BCUT2D eigenvalue weighted by Crippen LogP contribution is 2.33. The number of rotatable bonds is 5. The summed E-state index contributed by atoms with van der Waals surface area (Å²) in [7, 11) is 0. The highest BCUT2D eigenvalue weighted by atomic mass is 19.1. The molecule has 1 aromatic heterocycles. The van der Waals surface area contributed by atoms with Gasteiger partial charge in [0.05, 0.1) is 0 Å². The Hall–Kier alpha value is -3.01. The normalized spacial score (nSPS) is 10.5. The molecule has 2 aromatic carbocycles. The summed E-state index contributed by atoms with van der Waals surface area (Å²) in [5, 5.41) is 0. The second-order valence-corrected chi connectivity index (χ2v) is 5.75. The van der Waals surface area contributed by atoms with Crippen molar-refractivity contribution in [1.29, 1.82) is 0 Å². The Bertz CT molecular complexity index is 878. The van der Waals surface area contributed by atoms with E-state index in [2.05, 4.69) is 4.98 Å². The average Bonchev–Trinajstić information content (AvgIpc) is 2.62. The van der Waals surface area contributed by atoms with Gasteiger partial charge in [0.2, 0.25) is 0 Å². The molecule has 0 aliphatic carbocycles. The van der Waals surface area contributed by atoms with Crippen LogP contribution in [0.15, 0.2) is 67.0 Å². The van der Waals surface area contributed by atoms with E-state index < -0.39 is 5.97 Å². The van der Waals surface area contributed by atoms with Crippen LogP contribution in [0.2, 0.25) is 0 Å². The van der Waals surface area contributed by atoms with Gasteiger partial charge in [-0.2, -0.15) is 0 Å². The summed E-state index contributed by atoms with van der Waals surface area (Å²) in [4.78, 5) is 15.4. The Morgan fingerprint density at radius 3 is 2.52 bits per heavy atom. The predicted octanol–water partition coefficient (Wildman–Crippen LogP) is 4.60. The summed E-state index contributed by atoms with van der Waals surface area (Å²) < 4.78 is 19.1. The molecule has 0 atom stereocenters. The standard InChI is InChI=1S/C21H18FNO2/c1-15(24)25-21-9-8-18(22)14-20(21)19-5-3-2-4-17(19)7-6-16-10-12-23-13-11-16/h2-5,8-14H,6-7H2,1H3. The third kappa shape index (κ3) is 4.29. The summed E-state index contributed by atoms with van der Waals surface area (Å²) in [6, 6.07) is 15.9. The van der Waals surface area contributed by atoms with E-state index in [9.17, 15) is 9.18 Å². The smallest absolute Gasteiger partial charge is 0.308 e. The number of pyridine rings is 1. The van der Waals surface area contributed by atoms with Gasteiger partial charge in [0, 0.05) is 24.9 Å². The monoisotopic (exact) mass is 335 g/mol. The van der Waals surface area contributed by atoms with Crippen LogP contribution in [0.5, 0.6) is 5.75 Å². The SMILES string of the molecule is CC(=O)Oc1ccc(F)cc1-c1ccccc1CCc1ccncc1. The Labute approximate surface area is 146 Å². The number of hydrogen-bond donors (Lipinski definition) is 0. The Kier molecular flexibility index (Phi) is 5.19. The number of aryl methyl sites for hydroxylation is 2. The topological polar surface area (TPSA) is 39.2 Å². The van der Waals surface area contributed by atoms with E-state index in [1.54, 1.807) is 12.4 Å². The Morgan fingerprint density at radius 2 is 1.76 bits per heavy atom. The van der Waals surface area contributed by atoms with Crippen molar-refractivity contribution >= 4 is 5.97 Å². The number of aromatic nitrogens is 1. The summed E-state index contributed by atoms with van der Waals surface area (Å²) in [6.45, 7) is 1.34. The average molecular weight is 335 g/mol. The molecule has 0 bridgehead atoms. The van der Waals surface area contributed by atoms with Gasteiger partial charge in [-0.1, -0.05) is 24.3 Å². The first-order valence-electron chi connectivity index (χ1n) is 8.08.